The lowest BCUT2D eigenvalue weighted by atomic mass is 9.99. The molecule has 0 saturated carbocycles. The Bertz CT molecular complexity index is 631. The fourth-order valence-corrected chi connectivity index (χ4v) is 3.83. The highest BCUT2D eigenvalue weighted by atomic mass is 79.9. The number of anilines is 1. The molecule has 1 unspecified atom stereocenters. The van der Waals surface area contributed by atoms with Gasteiger partial charge < -0.3 is 5.32 Å². The van der Waals surface area contributed by atoms with E-state index in [9.17, 15) is 13.2 Å². The van der Waals surface area contributed by atoms with E-state index in [2.05, 4.69) is 21.2 Å². The molecule has 2 rings (SSSR count). The van der Waals surface area contributed by atoms with E-state index in [1.54, 1.807) is 12.1 Å². The fraction of sp³-hybridized carbons (Fsp3) is 0.500. The van der Waals surface area contributed by atoms with Crippen LogP contribution < -0.4 is 5.32 Å². The average Bonchev–Trinajstić information content (AvgIpc) is 2.49. The van der Waals surface area contributed by atoms with E-state index in [1.807, 2.05) is 12.1 Å². The zero-order valence-corrected chi connectivity index (χ0v) is 15.0. The molecule has 8 heteroatoms. The number of halogens is 1. The fourth-order valence-electron chi connectivity index (χ4n) is 2.37. The molecular weight excluding hydrogens is 370 g/mol. The Kier molecular flexibility index (Phi) is 5.60. The number of nitrogens with one attached hydrogen (secondary N) is 1. The first kappa shape index (κ1) is 17.4. The Hall–Kier alpha value is -0.960. The lowest BCUT2D eigenvalue weighted by molar-refractivity contribution is -0.120. The maximum absolute atomic E-state index is 12.3. The van der Waals surface area contributed by atoms with Crippen LogP contribution in [0.25, 0.3) is 0 Å². The molecule has 1 aliphatic rings. The third kappa shape index (κ3) is 4.07. The standard InChI is InChI=1S/C14H20BrN3O3S/c1-17(2)22(20,21)18-9-3-4-11(10-18)14(19)16-13-7-5-12(15)6-8-13/h5-8,11H,3-4,9-10H2,1-2H3,(H,16,19). The SMILES string of the molecule is CN(C)S(=O)(=O)N1CCCC(C(=O)Nc2ccc(Br)cc2)C1. The molecule has 1 aliphatic heterocycles. The van der Waals surface area contributed by atoms with Crippen LogP contribution in [0.2, 0.25) is 0 Å². The molecule has 1 heterocycles. The molecule has 6 nitrogen and oxygen atoms in total. The molecule has 0 radical (unpaired) electrons. The number of rotatable bonds is 4. The Labute approximate surface area is 139 Å². The number of nitrogens with zero attached hydrogens (tertiary/aromatic N) is 2. The molecule has 1 amide bonds. The zero-order valence-electron chi connectivity index (χ0n) is 12.6. The topological polar surface area (TPSA) is 69.7 Å². The van der Waals surface area contributed by atoms with Crippen molar-refractivity contribution < 1.29 is 13.2 Å². The van der Waals surface area contributed by atoms with Crippen molar-refractivity contribution >= 4 is 37.7 Å². The van der Waals surface area contributed by atoms with E-state index >= 15 is 0 Å². The van der Waals surface area contributed by atoms with Crippen molar-refractivity contribution in [2.24, 2.45) is 5.92 Å². The van der Waals surface area contributed by atoms with Gasteiger partial charge in [0.25, 0.3) is 10.2 Å². The quantitative estimate of drug-likeness (QED) is 0.854. The Morgan fingerprint density at radius 3 is 2.55 bits per heavy atom. The smallest absolute Gasteiger partial charge is 0.281 e. The molecule has 1 aromatic rings. The number of benzene rings is 1. The molecular formula is C14H20BrN3O3S. The first-order valence-electron chi connectivity index (χ1n) is 7.05. The van der Waals surface area contributed by atoms with Crippen LogP contribution in [0.1, 0.15) is 12.8 Å². The molecule has 0 aromatic heterocycles. The number of carbonyl (C=O) groups excluding carboxylic acids is 1. The van der Waals surface area contributed by atoms with Crippen LogP contribution in [0.15, 0.2) is 28.7 Å². The number of carbonyl (C=O) groups is 1. The molecule has 1 fully saturated rings. The Balaban J connectivity index is 2.03. The summed E-state index contributed by atoms with van der Waals surface area (Å²) in [5, 5.41) is 2.85. The molecule has 1 aromatic carbocycles. The largest absolute Gasteiger partial charge is 0.326 e. The van der Waals surface area contributed by atoms with Gasteiger partial charge in [-0.05, 0) is 37.1 Å². The summed E-state index contributed by atoms with van der Waals surface area (Å²) in [6.07, 6.45) is 1.38. The normalized spacial score (nSPS) is 20.1. The van der Waals surface area contributed by atoms with Gasteiger partial charge in [0, 0.05) is 37.3 Å². The van der Waals surface area contributed by atoms with Crippen LogP contribution in [-0.2, 0) is 15.0 Å². The van der Waals surface area contributed by atoms with E-state index in [0.29, 0.717) is 25.1 Å². The molecule has 122 valence electrons. The maximum atomic E-state index is 12.3. The summed E-state index contributed by atoms with van der Waals surface area (Å²) in [5.74, 6) is -0.465. The summed E-state index contributed by atoms with van der Waals surface area (Å²) >= 11 is 3.34. The minimum absolute atomic E-state index is 0.138. The van der Waals surface area contributed by atoms with Crippen molar-refractivity contribution in [3.05, 3.63) is 28.7 Å². The number of amides is 1. The highest BCUT2D eigenvalue weighted by molar-refractivity contribution is 9.10. The van der Waals surface area contributed by atoms with Crippen molar-refractivity contribution in [3.63, 3.8) is 0 Å². The molecule has 1 saturated heterocycles. The molecule has 22 heavy (non-hydrogen) atoms. The summed E-state index contributed by atoms with van der Waals surface area (Å²) in [4.78, 5) is 12.3. The van der Waals surface area contributed by atoms with Gasteiger partial charge in [0.05, 0.1) is 5.92 Å². The van der Waals surface area contributed by atoms with Gasteiger partial charge in [-0.25, -0.2) is 0 Å². The summed E-state index contributed by atoms with van der Waals surface area (Å²) in [7, 11) is -0.463. The molecule has 1 N–H and O–H groups in total. The summed E-state index contributed by atoms with van der Waals surface area (Å²) in [6.45, 7) is 0.686. The van der Waals surface area contributed by atoms with E-state index in [0.717, 1.165) is 4.47 Å². The van der Waals surface area contributed by atoms with Crippen molar-refractivity contribution in [3.8, 4) is 0 Å². The van der Waals surface area contributed by atoms with Gasteiger partial charge in [0.2, 0.25) is 5.91 Å². The zero-order chi connectivity index (χ0) is 16.3. The lowest BCUT2D eigenvalue weighted by Crippen LogP contribution is -2.47. The van der Waals surface area contributed by atoms with Gasteiger partial charge in [0.1, 0.15) is 0 Å². The predicted molar refractivity (Wildman–Crippen MR) is 89.7 cm³/mol. The predicted octanol–water partition coefficient (Wildman–Crippen LogP) is 1.91. The van der Waals surface area contributed by atoms with Gasteiger partial charge in [-0.15, -0.1) is 0 Å². The third-order valence-corrected chi connectivity index (χ3v) is 6.09. The number of piperidine rings is 1. The Morgan fingerprint density at radius 2 is 1.95 bits per heavy atom. The van der Waals surface area contributed by atoms with Crippen molar-refractivity contribution in [1.29, 1.82) is 0 Å². The van der Waals surface area contributed by atoms with E-state index in [4.69, 9.17) is 0 Å². The van der Waals surface area contributed by atoms with Crippen LogP contribution in [0.3, 0.4) is 0 Å². The van der Waals surface area contributed by atoms with Crippen LogP contribution >= 0.6 is 15.9 Å². The third-order valence-electron chi connectivity index (χ3n) is 3.65. The minimum Gasteiger partial charge on any atom is -0.326 e. The van der Waals surface area contributed by atoms with Gasteiger partial charge in [-0.3, -0.25) is 4.79 Å². The van der Waals surface area contributed by atoms with Gasteiger partial charge in [-0.1, -0.05) is 15.9 Å². The molecule has 1 atom stereocenters. The van der Waals surface area contributed by atoms with Crippen LogP contribution in [0, 0.1) is 5.92 Å². The van der Waals surface area contributed by atoms with Crippen molar-refractivity contribution in [2.45, 2.75) is 12.8 Å². The first-order valence-corrected chi connectivity index (χ1v) is 9.23. The minimum atomic E-state index is -3.46. The van der Waals surface area contributed by atoms with Crippen LogP contribution in [-0.4, -0.2) is 50.1 Å². The second kappa shape index (κ2) is 7.08. The molecule has 0 aliphatic carbocycles. The second-order valence-corrected chi connectivity index (χ2v) is 8.54. The highest BCUT2D eigenvalue weighted by Crippen LogP contribution is 2.22. The van der Waals surface area contributed by atoms with Crippen molar-refractivity contribution in [2.75, 3.05) is 32.5 Å². The van der Waals surface area contributed by atoms with Gasteiger partial charge >= 0.3 is 0 Å². The van der Waals surface area contributed by atoms with E-state index in [-0.39, 0.29) is 18.4 Å². The van der Waals surface area contributed by atoms with E-state index in [1.165, 1.54) is 22.7 Å². The Morgan fingerprint density at radius 1 is 1.32 bits per heavy atom. The van der Waals surface area contributed by atoms with Crippen molar-refractivity contribution in [1.82, 2.24) is 8.61 Å². The first-order chi connectivity index (χ1) is 10.3. The summed E-state index contributed by atoms with van der Waals surface area (Å²) in [6, 6.07) is 7.30. The molecule has 0 bridgehead atoms. The molecule has 0 spiro atoms. The number of hydrogen-bond donors (Lipinski definition) is 1. The summed E-state index contributed by atoms with van der Waals surface area (Å²) < 4.78 is 27.8. The van der Waals surface area contributed by atoms with E-state index < -0.39 is 10.2 Å². The summed E-state index contributed by atoms with van der Waals surface area (Å²) in [5.41, 5.74) is 0.709. The van der Waals surface area contributed by atoms with Crippen LogP contribution in [0.4, 0.5) is 5.69 Å². The highest BCUT2D eigenvalue weighted by Gasteiger charge is 2.33. The lowest BCUT2D eigenvalue weighted by Gasteiger charge is -2.32. The monoisotopic (exact) mass is 389 g/mol. The average molecular weight is 390 g/mol. The number of hydrogen-bond acceptors (Lipinski definition) is 3. The van der Waals surface area contributed by atoms with Gasteiger partial charge in [0.15, 0.2) is 0 Å². The second-order valence-electron chi connectivity index (χ2n) is 5.48. The van der Waals surface area contributed by atoms with Gasteiger partial charge in [-0.2, -0.15) is 17.0 Å². The maximum Gasteiger partial charge on any atom is 0.281 e. The van der Waals surface area contributed by atoms with Crippen LogP contribution in [0.5, 0.6) is 0 Å².